The summed E-state index contributed by atoms with van der Waals surface area (Å²) in [6.45, 7) is 4.27. The van der Waals surface area contributed by atoms with Crippen molar-refractivity contribution < 1.29 is 13.2 Å². The topological polar surface area (TPSA) is 131 Å². The first kappa shape index (κ1) is 20.9. The molecule has 0 saturated heterocycles. The number of carbonyl (C=O) groups excluding carboxylic acids is 1. The average Bonchev–Trinajstić information content (AvgIpc) is 3.03. The van der Waals surface area contributed by atoms with Gasteiger partial charge in [-0.3, -0.25) is 4.79 Å². The van der Waals surface area contributed by atoms with Gasteiger partial charge in [0.05, 0.1) is 32.4 Å². The highest BCUT2D eigenvalue weighted by molar-refractivity contribution is 8.00. The molecule has 8 nitrogen and oxygen atoms in total. The van der Waals surface area contributed by atoms with Crippen LogP contribution in [0.3, 0.4) is 0 Å². The third-order valence-corrected chi connectivity index (χ3v) is 6.29. The van der Waals surface area contributed by atoms with Crippen LogP contribution in [0.1, 0.15) is 19.4 Å². The van der Waals surface area contributed by atoms with Crippen molar-refractivity contribution in [1.82, 2.24) is 9.55 Å². The number of rotatable bonds is 6. The Bertz CT molecular complexity index is 1230. The van der Waals surface area contributed by atoms with Gasteiger partial charge in [-0.25, -0.2) is 18.5 Å². The van der Waals surface area contributed by atoms with Gasteiger partial charge in [0.25, 0.3) is 0 Å². The molecule has 150 valence electrons. The molecule has 1 unspecified atom stereocenters. The van der Waals surface area contributed by atoms with E-state index in [0.717, 1.165) is 5.52 Å². The second kappa shape index (κ2) is 8.24. The predicted molar refractivity (Wildman–Crippen MR) is 112 cm³/mol. The standard InChI is InChI=1S/C19H19N5O3S2/c1-3-24-17-9-8-14(29(21,26)27)10-16(17)23-19(24)28-12(2)18(25)22-15-7-5-4-6-13(15)11-20/h4-10,12H,3H2,1-2H3,(H,22,25)(H2,21,26,27). The zero-order valence-corrected chi connectivity index (χ0v) is 17.4. The van der Waals surface area contributed by atoms with Crippen molar-refractivity contribution in [2.24, 2.45) is 5.14 Å². The molecule has 1 aromatic heterocycles. The number of hydrogen-bond acceptors (Lipinski definition) is 6. The molecule has 0 spiro atoms. The Morgan fingerprint density at radius 1 is 1.34 bits per heavy atom. The van der Waals surface area contributed by atoms with Gasteiger partial charge in [0, 0.05) is 6.54 Å². The number of aryl methyl sites for hydroxylation is 1. The second-order valence-corrected chi connectivity index (χ2v) is 9.11. The van der Waals surface area contributed by atoms with Crippen LogP contribution >= 0.6 is 11.8 Å². The molecule has 0 aliphatic carbocycles. The number of nitrogens with one attached hydrogen (secondary N) is 1. The second-order valence-electron chi connectivity index (χ2n) is 6.24. The number of hydrogen-bond donors (Lipinski definition) is 2. The summed E-state index contributed by atoms with van der Waals surface area (Å²) in [5.41, 5.74) is 2.08. The molecule has 1 amide bonds. The first-order valence-corrected chi connectivity index (χ1v) is 11.2. The van der Waals surface area contributed by atoms with Crippen LogP contribution in [0.2, 0.25) is 0 Å². The molecule has 3 rings (SSSR count). The summed E-state index contributed by atoms with van der Waals surface area (Å²) < 4.78 is 25.1. The number of anilines is 1. The summed E-state index contributed by atoms with van der Waals surface area (Å²) in [4.78, 5) is 17.1. The van der Waals surface area contributed by atoms with Gasteiger partial charge < -0.3 is 9.88 Å². The fourth-order valence-corrected chi connectivity index (χ4v) is 4.32. The molecule has 0 saturated carbocycles. The number of carbonyl (C=O) groups is 1. The number of thioether (sulfide) groups is 1. The highest BCUT2D eigenvalue weighted by Crippen LogP contribution is 2.29. The van der Waals surface area contributed by atoms with Crippen LogP contribution in [0.25, 0.3) is 11.0 Å². The summed E-state index contributed by atoms with van der Waals surface area (Å²) in [6.07, 6.45) is 0. The Hall–Kier alpha value is -2.87. The van der Waals surface area contributed by atoms with Crippen LogP contribution in [-0.4, -0.2) is 29.1 Å². The van der Waals surface area contributed by atoms with Gasteiger partial charge in [0.2, 0.25) is 15.9 Å². The maximum atomic E-state index is 12.6. The fraction of sp³-hybridized carbons (Fsp3) is 0.211. The van der Waals surface area contributed by atoms with Gasteiger partial charge in [-0.1, -0.05) is 23.9 Å². The van der Waals surface area contributed by atoms with Crippen molar-refractivity contribution in [3.63, 3.8) is 0 Å². The molecule has 0 radical (unpaired) electrons. The van der Waals surface area contributed by atoms with Crippen LogP contribution in [-0.2, 0) is 21.4 Å². The van der Waals surface area contributed by atoms with Crippen LogP contribution in [0.4, 0.5) is 5.69 Å². The first-order chi connectivity index (χ1) is 13.7. The molecule has 0 bridgehead atoms. The lowest BCUT2D eigenvalue weighted by Crippen LogP contribution is -2.23. The molecule has 0 aliphatic heterocycles. The Kier molecular flexibility index (Phi) is 5.93. The SMILES string of the molecule is CCn1c(SC(C)C(=O)Nc2ccccc2C#N)nc2cc(S(N)(=O)=O)ccc21. The number of aromatic nitrogens is 2. The number of benzene rings is 2. The number of primary sulfonamides is 1. The molecule has 10 heteroatoms. The Labute approximate surface area is 172 Å². The van der Waals surface area contributed by atoms with Gasteiger partial charge in [-0.2, -0.15) is 5.26 Å². The van der Waals surface area contributed by atoms with Crippen molar-refractivity contribution >= 4 is 44.4 Å². The summed E-state index contributed by atoms with van der Waals surface area (Å²) in [7, 11) is -3.83. The zero-order valence-electron chi connectivity index (χ0n) is 15.8. The molecular formula is C19H19N5O3S2. The minimum atomic E-state index is -3.83. The largest absolute Gasteiger partial charge is 0.324 e. The van der Waals surface area contributed by atoms with Crippen LogP contribution in [0.15, 0.2) is 52.5 Å². The fourth-order valence-electron chi connectivity index (χ4n) is 2.80. The lowest BCUT2D eigenvalue weighted by molar-refractivity contribution is -0.115. The minimum absolute atomic E-state index is 0.0128. The van der Waals surface area contributed by atoms with E-state index in [0.29, 0.717) is 28.5 Å². The number of imidazole rings is 1. The number of para-hydroxylation sites is 1. The molecule has 2 aromatic carbocycles. The molecule has 29 heavy (non-hydrogen) atoms. The van der Waals surface area contributed by atoms with E-state index in [1.54, 1.807) is 37.3 Å². The number of sulfonamides is 1. The summed E-state index contributed by atoms with van der Waals surface area (Å²) in [5.74, 6) is -0.266. The van der Waals surface area contributed by atoms with Crippen molar-refractivity contribution in [2.45, 2.75) is 35.7 Å². The van der Waals surface area contributed by atoms with Gasteiger partial charge in [0.15, 0.2) is 5.16 Å². The third kappa shape index (κ3) is 4.42. The number of fused-ring (bicyclic) bond motifs is 1. The number of nitriles is 1. The van der Waals surface area contributed by atoms with Crippen LogP contribution in [0.5, 0.6) is 0 Å². The van der Waals surface area contributed by atoms with Crippen molar-refractivity contribution in [2.75, 3.05) is 5.32 Å². The van der Waals surface area contributed by atoms with Gasteiger partial charge in [0.1, 0.15) is 6.07 Å². The van der Waals surface area contributed by atoms with E-state index in [1.807, 2.05) is 17.6 Å². The van der Waals surface area contributed by atoms with E-state index in [1.165, 1.54) is 23.9 Å². The molecule has 1 atom stereocenters. The van der Waals surface area contributed by atoms with Crippen LogP contribution in [0, 0.1) is 11.3 Å². The van der Waals surface area contributed by atoms with Crippen molar-refractivity contribution in [3.8, 4) is 6.07 Å². The molecule has 1 heterocycles. The van der Waals surface area contributed by atoms with E-state index in [9.17, 15) is 13.2 Å². The number of nitrogens with zero attached hydrogens (tertiary/aromatic N) is 3. The predicted octanol–water partition coefficient (Wildman–Crippen LogP) is 2.69. The molecular weight excluding hydrogens is 410 g/mol. The monoisotopic (exact) mass is 429 g/mol. The summed E-state index contributed by atoms with van der Waals surface area (Å²) >= 11 is 1.25. The molecule has 3 aromatic rings. The number of amides is 1. The first-order valence-electron chi connectivity index (χ1n) is 8.74. The van der Waals surface area contributed by atoms with Gasteiger partial charge in [-0.15, -0.1) is 0 Å². The quantitative estimate of drug-likeness (QED) is 0.579. The Morgan fingerprint density at radius 2 is 2.07 bits per heavy atom. The normalized spacial score (nSPS) is 12.5. The van der Waals surface area contributed by atoms with Crippen LogP contribution < -0.4 is 10.5 Å². The average molecular weight is 430 g/mol. The number of nitrogens with two attached hydrogens (primary N) is 1. The van der Waals surface area contributed by atoms with Crippen molar-refractivity contribution in [3.05, 3.63) is 48.0 Å². The van der Waals surface area contributed by atoms with Crippen molar-refractivity contribution in [1.29, 1.82) is 5.26 Å². The maximum Gasteiger partial charge on any atom is 0.238 e. The smallest absolute Gasteiger partial charge is 0.238 e. The van der Waals surface area contributed by atoms with E-state index >= 15 is 0 Å². The summed E-state index contributed by atoms with van der Waals surface area (Å²) in [5, 5.41) is 17.2. The van der Waals surface area contributed by atoms with Gasteiger partial charge in [-0.05, 0) is 44.2 Å². The summed E-state index contributed by atoms with van der Waals surface area (Å²) in [6, 6.07) is 13.3. The zero-order chi connectivity index (χ0) is 21.2. The van der Waals surface area contributed by atoms with Gasteiger partial charge >= 0.3 is 0 Å². The molecule has 3 N–H and O–H groups in total. The van der Waals surface area contributed by atoms with E-state index < -0.39 is 15.3 Å². The lowest BCUT2D eigenvalue weighted by Gasteiger charge is -2.13. The Morgan fingerprint density at radius 3 is 2.72 bits per heavy atom. The van der Waals surface area contributed by atoms with E-state index in [-0.39, 0.29) is 10.8 Å². The Balaban J connectivity index is 1.86. The highest BCUT2D eigenvalue weighted by atomic mass is 32.2. The molecule has 0 fully saturated rings. The lowest BCUT2D eigenvalue weighted by atomic mass is 10.2. The third-order valence-electron chi connectivity index (χ3n) is 4.29. The van der Waals surface area contributed by atoms with E-state index in [2.05, 4.69) is 10.3 Å². The molecule has 0 aliphatic rings. The van der Waals surface area contributed by atoms with E-state index in [4.69, 9.17) is 10.4 Å². The highest BCUT2D eigenvalue weighted by Gasteiger charge is 2.21. The maximum absolute atomic E-state index is 12.6. The minimum Gasteiger partial charge on any atom is -0.324 e.